The Bertz CT molecular complexity index is 333. The van der Waals surface area contributed by atoms with Crippen molar-refractivity contribution in [3.05, 3.63) is 34.3 Å². The number of ketones is 1. The van der Waals surface area contributed by atoms with Crippen LogP contribution >= 0.6 is 15.9 Å². The zero-order valence-corrected chi connectivity index (χ0v) is 10.9. The molecule has 0 aliphatic rings. The van der Waals surface area contributed by atoms with Crippen molar-refractivity contribution >= 4 is 21.7 Å². The fraction of sp³-hybridized carbons (Fsp3) is 0.462. The third-order valence-electron chi connectivity index (χ3n) is 2.66. The molecule has 15 heavy (non-hydrogen) atoms. The molecule has 0 spiro atoms. The van der Waals surface area contributed by atoms with Gasteiger partial charge in [0.05, 0.1) is 0 Å². The summed E-state index contributed by atoms with van der Waals surface area (Å²) in [4.78, 5) is 11.0. The van der Waals surface area contributed by atoms with Crippen LogP contribution in [-0.2, 0) is 4.79 Å². The van der Waals surface area contributed by atoms with E-state index in [1.807, 2.05) is 6.07 Å². The molecule has 0 amide bonds. The Labute approximate surface area is 100 Å². The Morgan fingerprint density at radius 1 is 1.47 bits per heavy atom. The number of hydrogen-bond donors (Lipinski definition) is 0. The molecule has 0 fully saturated rings. The molecule has 1 nitrogen and oxygen atoms in total. The second-order valence-electron chi connectivity index (χ2n) is 3.90. The van der Waals surface area contributed by atoms with Gasteiger partial charge in [0.2, 0.25) is 0 Å². The lowest BCUT2D eigenvalue weighted by Gasteiger charge is -2.14. The molecule has 0 bridgehead atoms. The number of halogens is 1. The second-order valence-corrected chi connectivity index (χ2v) is 4.82. The van der Waals surface area contributed by atoms with Crippen molar-refractivity contribution in [1.82, 2.24) is 0 Å². The van der Waals surface area contributed by atoms with Gasteiger partial charge >= 0.3 is 0 Å². The second kappa shape index (κ2) is 6.06. The van der Waals surface area contributed by atoms with Crippen LogP contribution in [0, 0.1) is 0 Å². The maximum Gasteiger partial charge on any atom is 0.129 e. The summed E-state index contributed by atoms with van der Waals surface area (Å²) in [5.41, 5.74) is 1.33. The standard InChI is InChI=1S/C13H17BrO/c1-3-11(8-7-10(2)15)12-5-4-6-13(14)9-12/h4-6,9,11H,3,7-8H2,1-2H3. The van der Waals surface area contributed by atoms with Crippen molar-refractivity contribution in [2.45, 2.75) is 39.0 Å². The van der Waals surface area contributed by atoms with E-state index in [2.05, 4.69) is 41.1 Å². The lowest BCUT2D eigenvalue weighted by atomic mass is 9.91. The SMILES string of the molecule is CCC(CCC(C)=O)c1cccc(Br)c1. The highest BCUT2D eigenvalue weighted by atomic mass is 79.9. The summed E-state index contributed by atoms with van der Waals surface area (Å²) in [5, 5.41) is 0. The molecular formula is C13H17BrO. The van der Waals surface area contributed by atoms with Crippen LogP contribution in [0.1, 0.15) is 44.6 Å². The number of hydrogen-bond acceptors (Lipinski definition) is 1. The predicted molar refractivity (Wildman–Crippen MR) is 67.1 cm³/mol. The minimum atomic E-state index is 0.281. The van der Waals surface area contributed by atoms with Gasteiger partial charge in [0.15, 0.2) is 0 Å². The average molecular weight is 269 g/mol. The van der Waals surface area contributed by atoms with Gasteiger partial charge in [0.1, 0.15) is 5.78 Å². The van der Waals surface area contributed by atoms with Crippen LogP contribution in [0.4, 0.5) is 0 Å². The molecule has 0 aliphatic heterocycles. The Morgan fingerprint density at radius 2 is 2.20 bits per heavy atom. The van der Waals surface area contributed by atoms with Crippen molar-refractivity contribution in [2.75, 3.05) is 0 Å². The summed E-state index contributed by atoms with van der Waals surface area (Å²) in [7, 11) is 0. The maximum absolute atomic E-state index is 11.0. The number of carbonyl (C=O) groups is 1. The van der Waals surface area contributed by atoms with E-state index in [-0.39, 0.29) is 5.78 Å². The van der Waals surface area contributed by atoms with E-state index in [1.165, 1.54) is 5.56 Å². The van der Waals surface area contributed by atoms with Crippen LogP contribution in [0.15, 0.2) is 28.7 Å². The zero-order chi connectivity index (χ0) is 11.3. The van der Waals surface area contributed by atoms with Gasteiger partial charge in [-0.1, -0.05) is 35.0 Å². The fourth-order valence-corrected chi connectivity index (χ4v) is 2.16. The predicted octanol–water partition coefficient (Wildman–Crippen LogP) is 4.31. The van der Waals surface area contributed by atoms with Gasteiger partial charge < -0.3 is 4.79 Å². The highest BCUT2D eigenvalue weighted by molar-refractivity contribution is 9.10. The monoisotopic (exact) mass is 268 g/mol. The molecule has 0 radical (unpaired) electrons. The normalized spacial score (nSPS) is 12.5. The van der Waals surface area contributed by atoms with Gasteiger partial charge in [0, 0.05) is 10.9 Å². The van der Waals surface area contributed by atoms with Crippen LogP contribution in [0.5, 0.6) is 0 Å². The number of carbonyl (C=O) groups excluding carboxylic acids is 1. The van der Waals surface area contributed by atoms with E-state index in [1.54, 1.807) is 6.92 Å². The molecular weight excluding hydrogens is 252 g/mol. The summed E-state index contributed by atoms with van der Waals surface area (Å²) in [6, 6.07) is 8.37. The summed E-state index contributed by atoms with van der Waals surface area (Å²) >= 11 is 3.47. The first-order valence-electron chi connectivity index (χ1n) is 5.38. The van der Waals surface area contributed by atoms with E-state index in [4.69, 9.17) is 0 Å². The number of rotatable bonds is 5. The molecule has 0 aromatic heterocycles. The summed E-state index contributed by atoms with van der Waals surface area (Å²) in [6.07, 6.45) is 2.73. The summed E-state index contributed by atoms with van der Waals surface area (Å²) < 4.78 is 1.11. The number of Topliss-reactive ketones (excluding diaryl/α,β-unsaturated/α-hetero) is 1. The van der Waals surface area contributed by atoms with Crippen LogP contribution in [0.3, 0.4) is 0 Å². The van der Waals surface area contributed by atoms with Gasteiger partial charge in [0.25, 0.3) is 0 Å². The Hall–Kier alpha value is -0.630. The van der Waals surface area contributed by atoms with Crippen molar-refractivity contribution in [2.24, 2.45) is 0 Å². The molecule has 1 rings (SSSR count). The van der Waals surface area contributed by atoms with Crippen LogP contribution in [0.25, 0.3) is 0 Å². The fourth-order valence-electron chi connectivity index (χ4n) is 1.74. The average Bonchev–Trinajstić information content (AvgIpc) is 2.18. The van der Waals surface area contributed by atoms with E-state index >= 15 is 0 Å². The van der Waals surface area contributed by atoms with E-state index in [0.29, 0.717) is 12.3 Å². The van der Waals surface area contributed by atoms with Gasteiger partial charge in [-0.3, -0.25) is 0 Å². The smallest absolute Gasteiger partial charge is 0.129 e. The first-order valence-corrected chi connectivity index (χ1v) is 6.17. The quantitative estimate of drug-likeness (QED) is 0.778. The minimum Gasteiger partial charge on any atom is -0.300 e. The first-order chi connectivity index (χ1) is 7.13. The van der Waals surface area contributed by atoms with Gasteiger partial charge in [-0.2, -0.15) is 0 Å². The largest absolute Gasteiger partial charge is 0.300 e. The third-order valence-corrected chi connectivity index (χ3v) is 3.15. The van der Waals surface area contributed by atoms with Crippen molar-refractivity contribution in [3.63, 3.8) is 0 Å². The molecule has 1 aromatic carbocycles. The Balaban J connectivity index is 2.69. The maximum atomic E-state index is 11.0. The number of benzene rings is 1. The van der Waals surface area contributed by atoms with Crippen LogP contribution in [-0.4, -0.2) is 5.78 Å². The topological polar surface area (TPSA) is 17.1 Å². The molecule has 82 valence electrons. The summed E-state index contributed by atoms with van der Waals surface area (Å²) in [5.74, 6) is 0.787. The molecule has 1 aromatic rings. The molecule has 0 saturated carbocycles. The van der Waals surface area contributed by atoms with Crippen molar-refractivity contribution < 1.29 is 4.79 Å². The third kappa shape index (κ3) is 4.17. The highest BCUT2D eigenvalue weighted by Crippen LogP contribution is 2.26. The molecule has 2 heteroatoms. The van der Waals surface area contributed by atoms with Gasteiger partial charge in [-0.05, 0) is 43.4 Å². The molecule has 0 N–H and O–H groups in total. The van der Waals surface area contributed by atoms with Gasteiger partial charge in [-0.25, -0.2) is 0 Å². The van der Waals surface area contributed by atoms with E-state index < -0.39 is 0 Å². The zero-order valence-electron chi connectivity index (χ0n) is 9.29. The Kier molecular flexibility index (Phi) is 5.03. The van der Waals surface area contributed by atoms with E-state index in [9.17, 15) is 4.79 Å². The van der Waals surface area contributed by atoms with Crippen LogP contribution < -0.4 is 0 Å². The molecule has 0 saturated heterocycles. The lowest BCUT2D eigenvalue weighted by molar-refractivity contribution is -0.117. The molecule has 1 unspecified atom stereocenters. The first kappa shape index (κ1) is 12.4. The van der Waals surface area contributed by atoms with Crippen molar-refractivity contribution in [1.29, 1.82) is 0 Å². The minimum absolute atomic E-state index is 0.281. The molecule has 0 heterocycles. The van der Waals surface area contributed by atoms with Crippen LogP contribution in [0.2, 0.25) is 0 Å². The van der Waals surface area contributed by atoms with Crippen molar-refractivity contribution in [3.8, 4) is 0 Å². The molecule has 1 atom stereocenters. The highest BCUT2D eigenvalue weighted by Gasteiger charge is 2.10. The summed E-state index contributed by atoms with van der Waals surface area (Å²) in [6.45, 7) is 3.83. The molecule has 0 aliphatic carbocycles. The van der Waals surface area contributed by atoms with E-state index in [0.717, 1.165) is 17.3 Å². The van der Waals surface area contributed by atoms with Gasteiger partial charge in [-0.15, -0.1) is 0 Å². The Morgan fingerprint density at radius 3 is 2.73 bits per heavy atom. The lowest BCUT2D eigenvalue weighted by Crippen LogP contribution is -2.00.